The van der Waals surface area contributed by atoms with Crippen molar-refractivity contribution in [3.05, 3.63) is 77.3 Å². The number of carbonyl (C=O) groups is 4. The third-order valence-corrected chi connectivity index (χ3v) is 6.42. The van der Waals surface area contributed by atoms with E-state index in [1.807, 2.05) is 0 Å². The van der Waals surface area contributed by atoms with Crippen molar-refractivity contribution in [3.8, 4) is 0 Å². The number of Topliss-reactive ketones (excluding diaryl/α,β-unsaturated/α-hetero) is 2. The Balaban J connectivity index is 1.94. The number of fused-ring (bicyclic) bond motifs is 2. The number of anilines is 1. The van der Waals surface area contributed by atoms with Crippen LogP contribution in [0.1, 0.15) is 22.3 Å². The first-order valence-electron chi connectivity index (χ1n) is 10.6. The summed E-state index contributed by atoms with van der Waals surface area (Å²) in [5, 5.41) is 0.427. The number of ether oxygens (including phenoxy) is 1. The van der Waals surface area contributed by atoms with Gasteiger partial charge in [-0.2, -0.15) is 0 Å². The summed E-state index contributed by atoms with van der Waals surface area (Å²) in [4.78, 5) is 57.1. The second kappa shape index (κ2) is 8.92. The average Bonchev–Trinajstić information content (AvgIpc) is 3.19. The highest BCUT2D eigenvalue weighted by molar-refractivity contribution is 6.47. The minimum Gasteiger partial charge on any atom is -0.385 e. The fourth-order valence-corrected chi connectivity index (χ4v) is 4.93. The van der Waals surface area contributed by atoms with E-state index in [9.17, 15) is 19.2 Å². The van der Waals surface area contributed by atoms with Crippen LogP contribution in [0.3, 0.4) is 0 Å². The lowest BCUT2D eigenvalue weighted by molar-refractivity contribution is -0.143. The zero-order valence-corrected chi connectivity index (χ0v) is 18.9. The Bertz CT molecular complexity index is 1150. The highest BCUT2D eigenvalue weighted by atomic mass is 35.5. The number of hydrogen-bond acceptors (Lipinski definition) is 5. The molecular formula is C25H23ClN2O5. The van der Waals surface area contributed by atoms with Crippen LogP contribution in [0.4, 0.5) is 5.69 Å². The van der Waals surface area contributed by atoms with Crippen LogP contribution in [0, 0.1) is 5.92 Å². The molecule has 0 aromatic heterocycles. The predicted molar refractivity (Wildman–Crippen MR) is 123 cm³/mol. The first kappa shape index (κ1) is 22.9. The molecule has 0 N–H and O–H groups in total. The van der Waals surface area contributed by atoms with Gasteiger partial charge in [-0.1, -0.05) is 35.9 Å². The fraction of sp³-hybridized carbons (Fsp3) is 0.280. The van der Waals surface area contributed by atoms with E-state index >= 15 is 0 Å². The van der Waals surface area contributed by atoms with E-state index in [4.69, 9.17) is 16.3 Å². The summed E-state index contributed by atoms with van der Waals surface area (Å²) in [7, 11) is 1.53. The zero-order chi connectivity index (χ0) is 23.8. The van der Waals surface area contributed by atoms with Crippen molar-refractivity contribution in [1.29, 1.82) is 0 Å². The molecule has 1 saturated heterocycles. The molecule has 0 saturated carbocycles. The van der Waals surface area contributed by atoms with E-state index in [0.29, 0.717) is 29.3 Å². The molecule has 2 aliphatic rings. The van der Waals surface area contributed by atoms with E-state index < -0.39 is 34.8 Å². The first-order valence-corrected chi connectivity index (χ1v) is 10.9. The monoisotopic (exact) mass is 466 g/mol. The molecule has 0 aliphatic carbocycles. The molecule has 2 amide bonds. The third kappa shape index (κ3) is 3.39. The van der Waals surface area contributed by atoms with Gasteiger partial charge >= 0.3 is 0 Å². The summed E-state index contributed by atoms with van der Waals surface area (Å²) in [6.45, 7) is 4.32. The molecule has 1 spiro atoms. The van der Waals surface area contributed by atoms with Crippen molar-refractivity contribution in [1.82, 2.24) is 4.90 Å². The number of amides is 2. The quantitative estimate of drug-likeness (QED) is 0.196. The summed E-state index contributed by atoms with van der Waals surface area (Å²) in [6.07, 6.45) is 1.97. The molecule has 170 valence electrons. The Hall–Kier alpha value is -3.29. The number of nitrogens with zero attached hydrogens (tertiary/aromatic N) is 2. The largest absolute Gasteiger partial charge is 0.385 e. The second-order valence-corrected chi connectivity index (χ2v) is 8.40. The van der Waals surface area contributed by atoms with Gasteiger partial charge in [-0.3, -0.25) is 19.2 Å². The lowest BCUT2D eigenvalue weighted by atomic mass is 9.75. The van der Waals surface area contributed by atoms with Crippen molar-refractivity contribution in [2.75, 3.05) is 31.7 Å². The van der Waals surface area contributed by atoms with Gasteiger partial charge in [-0.25, -0.2) is 0 Å². The molecule has 2 aromatic rings. The Morgan fingerprint density at radius 3 is 2.52 bits per heavy atom. The first-order chi connectivity index (χ1) is 15.9. The second-order valence-electron chi connectivity index (χ2n) is 7.96. The SMILES string of the molecule is C=CCN1C(=O)C2(c3ccccc31)C(C(=O)c1ccc(Cl)cc1)C(=O)C(=O)N2CCCOC. The fourth-order valence-electron chi connectivity index (χ4n) is 4.81. The van der Waals surface area contributed by atoms with Gasteiger partial charge in [0.25, 0.3) is 11.8 Å². The summed E-state index contributed by atoms with van der Waals surface area (Å²) in [5.41, 5.74) is -0.550. The van der Waals surface area contributed by atoms with Crippen LogP contribution in [-0.4, -0.2) is 55.1 Å². The molecule has 2 unspecified atom stereocenters. The highest BCUT2D eigenvalue weighted by Crippen LogP contribution is 2.53. The van der Waals surface area contributed by atoms with Crippen LogP contribution in [0.15, 0.2) is 61.2 Å². The van der Waals surface area contributed by atoms with Crippen LogP contribution in [-0.2, 0) is 24.7 Å². The lowest BCUT2D eigenvalue weighted by Gasteiger charge is -2.36. The maximum Gasteiger partial charge on any atom is 0.292 e. The Labute approximate surface area is 196 Å². The number of para-hydroxylation sites is 1. The lowest BCUT2D eigenvalue weighted by Crippen LogP contribution is -2.55. The van der Waals surface area contributed by atoms with Crippen molar-refractivity contribution in [3.63, 3.8) is 0 Å². The highest BCUT2D eigenvalue weighted by Gasteiger charge is 2.70. The van der Waals surface area contributed by atoms with Crippen LogP contribution in [0.25, 0.3) is 0 Å². The summed E-state index contributed by atoms with van der Waals surface area (Å²) < 4.78 is 5.11. The van der Waals surface area contributed by atoms with E-state index in [0.717, 1.165) is 0 Å². The minimum absolute atomic E-state index is 0.0881. The number of methoxy groups -OCH3 is 1. The van der Waals surface area contributed by atoms with Gasteiger partial charge in [-0.15, -0.1) is 6.58 Å². The Morgan fingerprint density at radius 1 is 1.15 bits per heavy atom. The van der Waals surface area contributed by atoms with Crippen molar-refractivity contribution in [2.24, 2.45) is 5.92 Å². The van der Waals surface area contributed by atoms with Crippen molar-refractivity contribution in [2.45, 2.75) is 12.0 Å². The Kier molecular flexibility index (Phi) is 6.19. The molecule has 7 nitrogen and oxygen atoms in total. The molecule has 33 heavy (non-hydrogen) atoms. The third-order valence-electron chi connectivity index (χ3n) is 6.17. The molecule has 4 rings (SSSR count). The molecule has 2 aliphatic heterocycles. The van der Waals surface area contributed by atoms with E-state index in [1.54, 1.807) is 30.3 Å². The van der Waals surface area contributed by atoms with Gasteiger partial charge < -0.3 is 14.5 Å². The molecule has 2 aromatic carbocycles. The van der Waals surface area contributed by atoms with Gasteiger partial charge in [-0.05, 0) is 36.8 Å². The number of halogens is 1. The molecule has 0 bridgehead atoms. The van der Waals surface area contributed by atoms with Crippen LogP contribution < -0.4 is 4.90 Å². The summed E-state index contributed by atoms with van der Waals surface area (Å²) >= 11 is 5.96. The molecule has 2 atom stereocenters. The maximum atomic E-state index is 14.0. The topological polar surface area (TPSA) is 84.0 Å². The van der Waals surface area contributed by atoms with Crippen LogP contribution in [0.2, 0.25) is 5.02 Å². The van der Waals surface area contributed by atoms with Crippen molar-refractivity contribution >= 4 is 40.7 Å². The number of rotatable bonds is 8. The maximum absolute atomic E-state index is 14.0. The Morgan fingerprint density at radius 2 is 1.85 bits per heavy atom. The molecular weight excluding hydrogens is 444 g/mol. The van der Waals surface area contributed by atoms with Gasteiger partial charge in [0.15, 0.2) is 11.3 Å². The normalized spacial score (nSPS) is 21.8. The average molecular weight is 467 g/mol. The number of likely N-dealkylation sites (tertiary alicyclic amines) is 1. The van der Waals surface area contributed by atoms with E-state index in [-0.39, 0.29) is 18.7 Å². The number of ketones is 2. The van der Waals surface area contributed by atoms with E-state index in [1.165, 1.54) is 41.2 Å². The van der Waals surface area contributed by atoms with Gasteiger partial charge in [0.05, 0.1) is 5.69 Å². The number of carbonyl (C=O) groups excluding carboxylic acids is 4. The number of benzene rings is 2. The molecule has 0 radical (unpaired) electrons. The van der Waals surface area contributed by atoms with Crippen LogP contribution in [0.5, 0.6) is 0 Å². The summed E-state index contributed by atoms with van der Waals surface area (Å²) in [6, 6.07) is 13.0. The van der Waals surface area contributed by atoms with E-state index in [2.05, 4.69) is 6.58 Å². The smallest absolute Gasteiger partial charge is 0.292 e. The summed E-state index contributed by atoms with van der Waals surface area (Å²) in [5.74, 6) is -4.34. The molecule has 1 fully saturated rings. The van der Waals surface area contributed by atoms with Gasteiger partial charge in [0, 0.05) is 43.0 Å². The zero-order valence-electron chi connectivity index (χ0n) is 18.1. The number of hydrogen-bond donors (Lipinski definition) is 0. The van der Waals surface area contributed by atoms with Crippen LogP contribution >= 0.6 is 11.6 Å². The predicted octanol–water partition coefficient (Wildman–Crippen LogP) is 3.01. The van der Waals surface area contributed by atoms with Gasteiger partial charge in [0.2, 0.25) is 5.78 Å². The minimum atomic E-state index is -1.77. The molecule has 8 heteroatoms. The standard InChI is InChI=1S/C25H23ClN2O5/c1-3-13-27-19-8-5-4-7-18(19)25(24(27)32)20(21(29)16-9-11-17(26)12-10-16)22(30)23(31)28(25)14-6-15-33-2/h3-5,7-12,20H,1,6,13-15H2,2H3. The van der Waals surface area contributed by atoms with Gasteiger partial charge in [0.1, 0.15) is 5.92 Å². The molecule has 2 heterocycles. The van der Waals surface area contributed by atoms with Crippen molar-refractivity contribution < 1.29 is 23.9 Å².